The number of carbonyl (C=O) groups is 9. The molecule has 3 aromatic rings. The van der Waals surface area contributed by atoms with Gasteiger partial charge in [0.15, 0.2) is 31.2 Å². The van der Waals surface area contributed by atoms with E-state index in [1.165, 1.54) is 56.2 Å². The highest BCUT2D eigenvalue weighted by Crippen LogP contribution is 2.53. The van der Waals surface area contributed by atoms with Crippen LogP contribution >= 0.6 is 0 Å². The molecule has 0 saturated carbocycles. The maximum Gasteiger partial charge on any atom is 0.410 e. The van der Waals surface area contributed by atoms with Crippen LogP contribution in [0.25, 0.3) is 0 Å². The number of nitrogens with zero attached hydrogens (tertiary/aromatic N) is 4. The van der Waals surface area contributed by atoms with Crippen LogP contribution in [0, 0.1) is 11.3 Å². The number of aromatic hydroxyl groups is 2. The topological polar surface area (TPSA) is 361 Å². The Kier molecular flexibility index (Phi) is 20.7. The highest BCUT2D eigenvalue weighted by Gasteiger charge is 2.55. The summed E-state index contributed by atoms with van der Waals surface area (Å²) in [5.74, 6) is -5.20. The maximum absolute atomic E-state index is 14.4. The van der Waals surface area contributed by atoms with Crippen molar-refractivity contribution in [1.82, 2.24) is 30.2 Å². The number of rotatable bonds is 22. The van der Waals surface area contributed by atoms with Crippen LogP contribution in [0.1, 0.15) is 129 Å². The zero-order valence-corrected chi connectivity index (χ0v) is 52.9. The molecular formula is C65H80N8O20. The van der Waals surface area contributed by atoms with Gasteiger partial charge in [-0.15, -0.1) is 0 Å². The first-order valence-electron chi connectivity index (χ1n) is 31.3. The average Bonchev–Trinajstić information content (AvgIpc) is 1.33. The molecule has 0 radical (unpaired) electrons. The summed E-state index contributed by atoms with van der Waals surface area (Å²) in [5, 5.41) is 54.4. The lowest BCUT2D eigenvalue weighted by Gasteiger charge is -2.43. The van der Waals surface area contributed by atoms with Gasteiger partial charge in [0.1, 0.15) is 47.6 Å². The van der Waals surface area contributed by atoms with Gasteiger partial charge in [-0.05, 0) is 69.2 Å². The normalized spacial score (nSPS) is 24.8. The second kappa shape index (κ2) is 28.5. The number of phenols is 2. The second-order valence-corrected chi connectivity index (χ2v) is 24.8. The molecule has 2 aliphatic carbocycles. The summed E-state index contributed by atoms with van der Waals surface area (Å²) in [5.41, 5.74) is -2.55. The number of aliphatic hydroxyl groups is 1. The molecule has 28 nitrogen and oxygen atoms in total. The molecule has 28 heteroatoms. The molecule has 4 saturated heterocycles. The molecule has 0 aromatic heterocycles. The van der Waals surface area contributed by atoms with Crippen molar-refractivity contribution in [1.29, 1.82) is 5.41 Å². The molecule has 7 amide bonds. The van der Waals surface area contributed by atoms with Gasteiger partial charge < -0.3 is 79.0 Å². The highest BCUT2D eigenvalue weighted by molar-refractivity contribution is 6.32. The third-order valence-electron chi connectivity index (χ3n) is 18.4. The Morgan fingerprint density at radius 2 is 1.58 bits per heavy atom. The van der Waals surface area contributed by atoms with Crippen molar-refractivity contribution >= 4 is 64.7 Å². The first-order chi connectivity index (χ1) is 44.4. The summed E-state index contributed by atoms with van der Waals surface area (Å²) in [4.78, 5) is 124. The number of benzene rings is 3. The number of ketones is 2. The van der Waals surface area contributed by atoms with Crippen LogP contribution in [0.2, 0.25) is 0 Å². The minimum Gasteiger partial charge on any atom is -0.507 e. The Bertz CT molecular complexity index is 3440. The Morgan fingerprint density at radius 3 is 2.27 bits per heavy atom. The first kappa shape index (κ1) is 67.5. The number of imide groups is 1. The fourth-order valence-corrected chi connectivity index (χ4v) is 13.2. The van der Waals surface area contributed by atoms with E-state index >= 15 is 0 Å². The van der Waals surface area contributed by atoms with Gasteiger partial charge in [-0.25, -0.2) is 9.59 Å². The maximum atomic E-state index is 14.4. The lowest BCUT2D eigenvalue weighted by atomic mass is 9.71. The lowest BCUT2D eigenvalue weighted by Crippen LogP contribution is -2.55. The number of nitrogens with one attached hydrogen (secondary N) is 4. The number of fused-ring (bicyclic) bond motifs is 6. The highest BCUT2D eigenvalue weighted by atomic mass is 16.7. The third kappa shape index (κ3) is 14.1. The van der Waals surface area contributed by atoms with Gasteiger partial charge in [-0.2, -0.15) is 0 Å². The van der Waals surface area contributed by atoms with E-state index in [2.05, 4.69) is 20.9 Å². The van der Waals surface area contributed by atoms with Crippen LogP contribution in [-0.4, -0.2) is 215 Å². The van der Waals surface area contributed by atoms with Gasteiger partial charge in [0.25, 0.3) is 11.8 Å². The number of Topliss-reactive ketones (excluding diaryl/α,β-unsaturated/α-hetero) is 1. The van der Waals surface area contributed by atoms with Crippen LogP contribution in [0.4, 0.5) is 15.3 Å². The van der Waals surface area contributed by atoms with Gasteiger partial charge in [0, 0.05) is 113 Å². The Morgan fingerprint density at radius 1 is 0.860 bits per heavy atom. The van der Waals surface area contributed by atoms with Crippen molar-refractivity contribution in [2.24, 2.45) is 5.92 Å². The molecule has 5 aliphatic heterocycles. The van der Waals surface area contributed by atoms with Crippen molar-refractivity contribution in [2.75, 3.05) is 66.0 Å². The Balaban J connectivity index is 0.701. The van der Waals surface area contributed by atoms with Gasteiger partial charge in [-0.1, -0.05) is 44.5 Å². The van der Waals surface area contributed by atoms with Crippen LogP contribution in [-0.2, 0) is 75.0 Å². The predicted octanol–water partition coefficient (Wildman–Crippen LogP) is 3.84. The van der Waals surface area contributed by atoms with E-state index in [0.29, 0.717) is 56.5 Å². The average molecular weight is 1290 g/mol. The number of unbranched alkanes of at least 4 members (excludes halogenated alkanes) is 2. The van der Waals surface area contributed by atoms with E-state index in [0.717, 1.165) is 4.90 Å². The van der Waals surface area contributed by atoms with Gasteiger partial charge in [0.2, 0.25) is 23.5 Å². The molecule has 0 unspecified atom stereocenters. The van der Waals surface area contributed by atoms with Crippen molar-refractivity contribution in [3.63, 3.8) is 0 Å². The van der Waals surface area contributed by atoms with Gasteiger partial charge >= 0.3 is 12.2 Å². The van der Waals surface area contributed by atoms with E-state index in [9.17, 15) is 63.9 Å². The number of hydrogen-bond acceptors (Lipinski definition) is 22. The Hall–Kier alpha value is -8.38. The fraction of sp³-hybridized carbons (Fsp3) is 0.538. The molecule has 3 aromatic carbocycles. The molecule has 7 aliphatic rings. The summed E-state index contributed by atoms with van der Waals surface area (Å²) in [6.07, 6.45) is -2.24. The Labute approximate surface area is 536 Å². The zero-order valence-electron chi connectivity index (χ0n) is 52.9. The molecule has 10 rings (SSSR count). The number of amides is 7. The van der Waals surface area contributed by atoms with Crippen molar-refractivity contribution in [2.45, 2.75) is 159 Å². The van der Waals surface area contributed by atoms with E-state index in [1.54, 1.807) is 50.2 Å². The molecule has 93 heavy (non-hydrogen) atoms. The van der Waals surface area contributed by atoms with Crippen molar-refractivity contribution in [3.05, 3.63) is 93.6 Å². The second-order valence-electron chi connectivity index (χ2n) is 24.8. The van der Waals surface area contributed by atoms with Crippen LogP contribution in [0.3, 0.4) is 0 Å². The third-order valence-corrected chi connectivity index (χ3v) is 18.4. The van der Waals surface area contributed by atoms with E-state index in [4.69, 9.17) is 37.9 Å². The van der Waals surface area contributed by atoms with Crippen LogP contribution in [0.15, 0.2) is 54.6 Å². The number of ether oxygens (including phenoxy) is 8. The van der Waals surface area contributed by atoms with Crippen molar-refractivity contribution < 1.29 is 96.4 Å². The summed E-state index contributed by atoms with van der Waals surface area (Å²) >= 11 is 0. The SMILES string of the molecule is COc1cccc2c1C(=N)c1c(O)c3c(c(O)c1C2=O)C[C@@](O)(C(=O)COC(=O)N(C)C1CCN(C(=O)OCc2ccc(NC(=O)[C@H](C)NC(=O)[C@@H](NC(=O)CCCCCN4C(=O)C=CC4=O)C(C)C)cc2)CC1)C[C@@H]3O[C@H]1C[C@H]2[C@H](O[C@@H]3[C@@H](OC)OCCN32)[C@H](C)O1. The van der Waals surface area contributed by atoms with Crippen molar-refractivity contribution in [3.8, 4) is 17.2 Å². The summed E-state index contributed by atoms with van der Waals surface area (Å²) in [6.45, 7) is 7.38. The van der Waals surface area contributed by atoms with E-state index in [-0.39, 0.29) is 108 Å². The van der Waals surface area contributed by atoms with E-state index < -0.39 is 133 Å². The smallest absolute Gasteiger partial charge is 0.410 e. The molecule has 5 heterocycles. The van der Waals surface area contributed by atoms with Gasteiger partial charge in [-0.3, -0.25) is 48.8 Å². The van der Waals surface area contributed by atoms with E-state index in [1.807, 2.05) is 6.92 Å². The minimum atomic E-state index is -2.42. The number of likely N-dealkylation sites (tertiary alicyclic amines) is 1. The number of methoxy groups -OCH3 is 2. The van der Waals surface area contributed by atoms with Gasteiger partial charge in [0.05, 0.1) is 48.3 Å². The summed E-state index contributed by atoms with van der Waals surface area (Å²) in [7, 11) is 4.38. The number of piperidine rings is 1. The van der Waals surface area contributed by atoms with Crippen LogP contribution in [0.5, 0.6) is 17.2 Å². The quantitative estimate of drug-likeness (QED) is 0.0334. The molecule has 0 bridgehead atoms. The molecule has 0 spiro atoms. The zero-order chi connectivity index (χ0) is 66.7. The minimum absolute atomic E-state index is 0.0229. The predicted molar refractivity (Wildman–Crippen MR) is 327 cm³/mol. The standard InChI is InChI=1S/C65H80N8O20/c1-33(2)54(69-45(75)14-9-8-10-23-73-46(76)19-20-47(73)77)60(82)67-34(3)59(81)68-37-17-15-36(16-18-37)31-89-64(84)71-24-21-38(22-25-71)70(5)63(83)90-32-44(74)65(85)29-40-50(57(80)51-52(56(40)79)55(78)39-12-11-13-42(86-6)49(39)53(51)66)43(30-65)92-48-28-41-58(35(4)91-48)93-61-62(87-7)88-27-26-72(41)61/h11-13,15-20,33-35,38,41,43,48,54,58,61-62,66,79-80,85H,8-10,14,21-32H2,1-7H3,(H,67,82)(H,68,81)(H,69,75)/t34-,35-,41-,43-,48-,54-,58+,61+,62-,65-/m0/s1. The first-order valence-corrected chi connectivity index (χ1v) is 31.3. The number of phenolic OH excluding ortho intramolecular Hbond substituents is 2. The fourth-order valence-electron chi connectivity index (χ4n) is 13.2. The molecule has 4 fully saturated rings. The number of carbonyl (C=O) groups excluding carboxylic acids is 9. The number of hydrogen-bond donors (Lipinski definition) is 7. The lowest BCUT2D eigenvalue weighted by molar-refractivity contribution is -0.256. The molecular weight excluding hydrogens is 1210 g/mol. The summed E-state index contributed by atoms with van der Waals surface area (Å²) < 4.78 is 47.4. The largest absolute Gasteiger partial charge is 0.507 e. The molecule has 500 valence electrons. The number of anilines is 1. The molecule has 10 atom stereocenters. The molecule has 7 N–H and O–H groups in total. The summed E-state index contributed by atoms with van der Waals surface area (Å²) in [6, 6.07) is 8.53. The monoisotopic (exact) mass is 1290 g/mol. The number of morpholine rings is 1. The van der Waals surface area contributed by atoms with Crippen LogP contribution < -0.4 is 20.7 Å².